The Hall–Kier alpha value is -4.06. The van der Waals surface area contributed by atoms with Crippen LogP contribution in [0.2, 0.25) is 0 Å². The fourth-order valence-electron chi connectivity index (χ4n) is 3.43. The zero-order valence-corrected chi connectivity index (χ0v) is 18.2. The molecule has 32 heavy (non-hydrogen) atoms. The van der Waals surface area contributed by atoms with Crippen LogP contribution >= 0.6 is 0 Å². The van der Waals surface area contributed by atoms with Crippen LogP contribution in [0.5, 0.6) is 17.2 Å². The Morgan fingerprint density at radius 3 is 2.47 bits per heavy atom. The van der Waals surface area contributed by atoms with Crippen molar-refractivity contribution in [2.24, 2.45) is 0 Å². The summed E-state index contributed by atoms with van der Waals surface area (Å²) in [6.45, 7) is 1.84. The number of aromatic nitrogens is 1. The lowest BCUT2D eigenvalue weighted by molar-refractivity contribution is -0.118. The van der Waals surface area contributed by atoms with Crippen molar-refractivity contribution >= 4 is 22.5 Å². The second-order valence-electron chi connectivity index (χ2n) is 7.30. The Morgan fingerprint density at radius 1 is 0.906 bits per heavy atom. The normalized spacial score (nSPS) is 10.6. The summed E-state index contributed by atoms with van der Waals surface area (Å²) in [5.41, 5.74) is 4.17. The molecular formula is C26H24N2O4. The van der Waals surface area contributed by atoms with Crippen molar-refractivity contribution < 1.29 is 19.0 Å². The Bertz CT molecular complexity index is 1260. The average Bonchev–Trinajstić information content (AvgIpc) is 2.83. The van der Waals surface area contributed by atoms with Crippen LogP contribution in [0.4, 0.5) is 5.69 Å². The molecule has 0 aliphatic rings. The van der Waals surface area contributed by atoms with Gasteiger partial charge >= 0.3 is 0 Å². The number of pyridine rings is 1. The first-order valence-corrected chi connectivity index (χ1v) is 10.2. The molecule has 1 aromatic heterocycles. The first-order valence-electron chi connectivity index (χ1n) is 10.2. The summed E-state index contributed by atoms with van der Waals surface area (Å²) >= 11 is 0. The number of amides is 1. The topological polar surface area (TPSA) is 69.7 Å². The second kappa shape index (κ2) is 9.39. The van der Waals surface area contributed by atoms with Crippen molar-refractivity contribution in [3.05, 3.63) is 78.4 Å². The quantitative estimate of drug-likeness (QED) is 0.436. The van der Waals surface area contributed by atoms with Gasteiger partial charge in [0, 0.05) is 23.1 Å². The molecule has 3 aromatic carbocycles. The number of carbonyl (C=O) groups excluding carboxylic acids is 1. The maximum Gasteiger partial charge on any atom is 0.262 e. The summed E-state index contributed by atoms with van der Waals surface area (Å²) < 4.78 is 16.5. The van der Waals surface area contributed by atoms with Crippen LogP contribution in [-0.2, 0) is 4.79 Å². The molecule has 1 N–H and O–H groups in total. The summed E-state index contributed by atoms with van der Waals surface area (Å²) in [6.07, 6.45) is 0. The Morgan fingerprint density at radius 2 is 1.72 bits per heavy atom. The van der Waals surface area contributed by atoms with Crippen molar-refractivity contribution in [3.63, 3.8) is 0 Å². The van der Waals surface area contributed by atoms with Gasteiger partial charge in [-0.15, -0.1) is 0 Å². The number of methoxy groups -OCH3 is 2. The van der Waals surface area contributed by atoms with E-state index in [9.17, 15) is 4.79 Å². The Labute approximate surface area is 186 Å². The maximum absolute atomic E-state index is 12.7. The van der Waals surface area contributed by atoms with Crippen molar-refractivity contribution in [2.75, 3.05) is 26.1 Å². The molecule has 6 heteroatoms. The maximum atomic E-state index is 12.7. The predicted molar refractivity (Wildman–Crippen MR) is 126 cm³/mol. The number of fused-ring (bicyclic) bond motifs is 1. The largest absolute Gasteiger partial charge is 0.497 e. The highest BCUT2D eigenvalue weighted by atomic mass is 16.5. The van der Waals surface area contributed by atoms with Gasteiger partial charge in [0.05, 0.1) is 31.1 Å². The Balaban J connectivity index is 1.60. The van der Waals surface area contributed by atoms with Gasteiger partial charge in [0.15, 0.2) is 6.61 Å². The van der Waals surface area contributed by atoms with Crippen LogP contribution < -0.4 is 19.5 Å². The van der Waals surface area contributed by atoms with E-state index in [0.29, 0.717) is 22.9 Å². The number of rotatable bonds is 7. The molecule has 0 unspecified atom stereocenters. The van der Waals surface area contributed by atoms with E-state index in [1.807, 2.05) is 61.5 Å². The number of nitrogens with one attached hydrogen (secondary N) is 1. The van der Waals surface area contributed by atoms with Gasteiger partial charge in [0.2, 0.25) is 0 Å². The van der Waals surface area contributed by atoms with Crippen molar-refractivity contribution in [1.29, 1.82) is 0 Å². The number of anilines is 1. The van der Waals surface area contributed by atoms with E-state index in [2.05, 4.69) is 5.32 Å². The van der Waals surface area contributed by atoms with Crippen LogP contribution in [0.3, 0.4) is 0 Å². The molecule has 0 saturated heterocycles. The molecular weight excluding hydrogens is 404 g/mol. The van der Waals surface area contributed by atoms with Crippen LogP contribution in [0.1, 0.15) is 5.56 Å². The second-order valence-corrected chi connectivity index (χ2v) is 7.30. The van der Waals surface area contributed by atoms with Gasteiger partial charge in [-0.25, -0.2) is 4.98 Å². The Kier molecular flexibility index (Phi) is 6.22. The van der Waals surface area contributed by atoms with Crippen LogP contribution in [0, 0.1) is 6.92 Å². The van der Waals surface area contributed by atoms with E-state index in [0.717, 1.165) is 27.7 Å². The third-order valence-corrected chi connectivity index (χ3v) is 5.04. The van der Waals surface area contributed by atoms with Gasteiger partial charge in [-0.2, -0.15) is 0 Å². The molecule has 0 aliphatic carbocycles. The number of hydrogen-bond donors (Lipinski definition) is 1. The van der Waals surface area contributed by atoms with Gasteiger partial charge in [-0.05, 0) is 31.2 Å². The third-order valence-electron chi connectivity index (χ3n) is 5.04. The highest BCUT2D eigenvalue weighted by Crippen LogP contribution is 2.31. The summed E-state index contributed by atoms with van der Waals surface area (Å²) in [6, 6.07) is 22.9. The zero-order chi connectivity index (χ0) is 22.5. The summed E-state index contributed by atoms with van der Waals surface area (Å²) in [5.74, 6) is 1.45. The van der Waals surface area contributed by atoms with E-state index in [1.165, 1.54) is 0 Å². The minimum absolute atomic E-state index is 0.165. The van der Waals surface area contributed by atoms with Gasteiger partial charge in [-0.1, -0.05) is 42.0 Å². The van der Waals surface area contributed by atoms with Crippen molar-refractivity contribution in [1.82, 2.24) is 4.98 Å². The lowest BCUT2D eigenvalue weighted by Crippen LogP contribution is -2.20. The lowest BCUT2D eigenvalue weighted by atomic mass is 10.1. The van der Waals surface area contributed by atoms with Crippen LogP contribution in [0.25, 0.3) is 22.2 Å². The van der Waals surface area contributed by atoms with Crippen LogP contribution in [-0.4, -0.2) is 31.7 Å². The standard InChI is InChI=1S/C26H24N2O4/c1-17-9-11-21-20(13-17)25(15-22(27-21)18-7-5-4-6-8-18)32-16-26(29)28-23-14-19(30-2)10-12-24(23)31-3/h4-15H,16H2,1-3H3,(H,28,29). The molecule has 0 aliphatic heterocycles. The monoisotopic (exact) mass is 428 g/mol. The summed E-state index contributed by atoms with van der Waals surface area (Å²) in [5, 5.41) is 3.69. The fourth-order valence-corrected chi connectivity index (χ4v) is 3.43. The van der Waals surface area contributed by atoms with E-state index in [4.69, 9.17) is 19.2 Å². The number of aryl methyl sites for hydroxylation is 1. The number of nitrogens with zero attached hydrogens (tertiary/aromatic N) is 1. The minimum atomic E-state index is -0.310. The molecule has 0 radical (unpaired) electrons. The summed E-state index contributed by atoms with van der Waals surface area (Å²) in [7, 11) is 3.11. The zero-order valence-electron chi connectivity index (χ0n) is 18.2. The highest BCUT2D eigenvalue weighted by Gasteiger charge is 2.13. The molecule has 4 rings (SSSR count). The van der Waals surface area contributed by atoms with E-state index in [1.54, 1.807) is 32.4 Å². The average molecular weight is 428 g/mol. The molecule has 0 spiro atoms. The molecule has 0 fully saturated rings. The number of hydrogen-bond acceptors (Lipinski definition) is 5. The number of benzene rings is 3. The fraction of sp³-hybridized carbons (Fsp3) is 0.154. The number of carbonyl (C=O) groups is 1. The molecule has 162 valence electrons. The molecule has 1 amide bonds. The lowest BCUT2D eigenvalue weighted by Gasteiger charge is -2.14. The van der Waals surface area contributed by atoms with E-state index >= 15 is 0 Å². The van der Waals surface area contributed by atoms with Gasteiger partial charge < -0.3 is 19.5 Å². The first-order chi connectivity index (χ1) is 15.6. The SMILES string of the molecule is COc1ccc(OC)c(NC(=O)COc2cc(-c3ccccc3)nc3ccc(C)cc23)c1. The minimum Gasteiger partial charge on any atom is -0.497 e. The highest BCUT2D eigenvalue weighted by molar-refractivity contribution is 5.94. The van der Waals surface area contributed by atoms with Crippen LogP contribution in [0.15, 0.2) is 72.8 Å². The summed E-state index contributed by atoms with van der Waals surface area (Å²) in [4.78, 5) is 17.4. The molecule has 0 atom stereocenters. The predicted octanol–water partition coefficient (Wildman–Crippen LogP) is 5.24. The molecule has 4 aromatic rings. The van der Waals surface area contributed by atoms with Gasteiger partial charge in [0.25, 0.3) is 5.91 Å². The molecule has 0 bridgehead atoms. The molecule has 6 nitrogen and oxygen atoms in total. The molecule has 1 heterocycles. The molecule has 0 saturated carbocycles. The first kappa shape index (κ1) is 21.2. The van der Waals surface area contributed by atoms with Gasteiger partial charge in [-0.3, -0.25) is 4.79 Å². The third kappa shape index (κ3) is 4.64. The van der Waals surface area contributed by atoms with E-state index in [-0.39, 0.29) is 12.5 Å². The number of ether oxygens (including phenoxy) is 3. The smallest absolute Gasteiger partial charge is 0.262 e. The van der Waals surface area contributed by atoms with Gasteiger partial charge in [0.1, 0.15) is 17.2 Å². The van der Waals surface area contributed by atoms with E-state index < -0.39 is 0 Å². The van der Waals surface area contributed by atoms with Crippen molar-refractivity contribution in [3.8, 4) is 28.5 Å². The van der Waals surface area contributed by atoms with Crippen molar-refractivity contribution in [2.45, 2.75) is 6.92 Å².